The number of aromatic hydroxyl groups is 1. The lowest BCUT2D eigenvalue weighted by atomic mass is 10.1. The van der Waals surface area contributed by atoms with Gasteiger partial charge in [0.1, 0.15) is 5.75 Å². The van der Waals surface area contributed by atoms with Gasteiger partial charge in [0.15, 0.2) is 0 Å². The molecular formula is C13H13N3O2. The Morgan fingerprint density at radius 1 is 1.17 bits per heavy atom. The number of amides is 1. The van der Waals surface area contributed by atoms with Crippen molar-refractivity contribution in [1.29, 1.82) is 0 Å². The Kier molecular flexibility index (Phi) is 3.86. The molecule has 0 radical (unpaired) electrons. The van der Waals surface area contributed by atoms with Crippen LogP contribution in [0.1, 0.15) is 15.9 Å². The van der Waals surface area contributed by atoms with E-state index in [1.165, 1.54) is 12.4 Å². The van der Waals surface area contributed by atoms with Crippen LogP contribution in [0.25, 0.3) is 0 Å². The summed E-state index contributed by atoms with van der Waals surface area (Å²) in [5.74, 6) is 0.0781. The standard InChI is InChI=1S/C13H13N3O2/c17-12-3-1-10(2-4-12)5-7-14-13(18)11-6-8-15-16-9-11/h1-4,6,8-9,17H,5,7H2,(H,14,18). The largest absolute Gasteiger partial charge is 0.508 e. The monoisotopic (exact) mass is 243 g/mol. The molecule has 0 saturated heterocycles. The van der Waals surface area contributed by atoms with Gasteiger partial charge in [0, 0.05) is 6.54 Å². The molecule has 0 aliphatic rings. The summed E-state index contributed by atoms with van der Waals surface area (Å²) < 4.78 is 0. The van der Waals surface area contributed by atoms with Crippen LogP contribution < -0.4 is 5.32 Å². The van der Waals surface area contributed by atoms with Gasteiger partial charge in [-0.05, 0) is 30.2 Å². The molecule has 2 N–H and O–H groups in total. The van der Waals surface area contributed by atoms with Crippen LogP contribution in [-0.2, 0) is 6.42 Å². The SMILES string of the molecule is O=C(NCCc1ccc(O)cc1)c1ccnnc1. The molecule has 0 atom stereocenters. The molecule has 1 aromatic heterocycles. The number of carbonyl (C=O) groups is 1. The second-order valence-electron chi connectivity index (χ2n) is 3.80. The van der Waals surface area contributed by atoms with E-state index in [2.05, 4.69) is 15.5 Å². The topological polar surface area (TPSA) is 75.1 Å². The Balaban J connectivity index is 1.82. The summed E-state index contributed by atoms with van der Waals surface area (Å²) in [6.45, 7) is 0.534. The average molecular weight is 243 g/mol. The summed E-state index contributed by atoms with van der Waals surface area (Å²) in [7, 11) is 0. The van der Waals surface area contributed by atoms with Crippen LogP contribution in [0.3, 0.4) is 0 Å². The zero-order valence-electron chi connectivity index (χ0n) is 9.71. The Labute approximate surface area is 104 Å². The predicted octanol–water partition coefficient (Wildman–Crippen LogP) is 1.15. The third-order valence-corrected chi connectivity index (χ3v) is 2.48. The fourth-order valence-corrected chi connectivity index (χ4v) is 1.51. The van der Waals surface area contributed by atoms with E-state index in [0.29, 0.717) is 18.5 Å². The zero-order chi connectivity index (χ0) is 12.8. The normalized spacial score (nSPS) is 10.0. The van der Waals surface area contributed by atoms with Gasteiger partial charge in [0.05, 0.1) is 18.0 Å². The lowest BCUT2D eigenvalue weighted by Crippen LogP contribution is -2.25. The minimum Gasteiger partial charge on any atom is -0.508 e. The Bertz CT molecular complexity index is 512. The molecule has 2 rings (SSSR count). The first kappa shape index (κ1) is 12.0. The number of hydrogen-bond acceptors (Lipinski definition) is 4. The predicted molar refractivity (Wildman–Crippen MR) is 66.2 cm³/mol. The number of phenolic OH excluding ortho intramolecular Hbond substituents is 1. The second kappa shape index (κ2) is 5.77. The van der Waals surface area contributed by atoms with E-state index < -0.39 is 0 Å². The summed E-state index contributed by atoms with van der Waals surface area (Å²) in [5, 5.41) is 19.2. The number of rotatable bonds is 4. The molecule has 0 saturated carbocycles. The molecule has 1 heterocycles. The van der Waals surface area contributed by atoms with E-state index in [1.807, 2.05) is 12.1 Å². The summed E-state index contributed by atoms with van der Waals surface area (Å²) >= 11 is 0. The molecule has 2 aromatic rings. The number of aromatic nitrogens is 2. The Morgan fingerprint density at radius 2 is 1.94 bits per heavy atom. The number of benzene rings is 1. The number of hydrogen-bond donors (Lipinski definition) is 2. The fraction of sp³-hybridized carbons (Fsp3) is 0.154. The van der Waals surface area contributed by atoms with Crippen molar-refractivity contribution < 1.29 is 9.90 Å². The smallest absolute Gasteiger partial charge is 0.252 e. The molecule has 5 nitrogen and oxygen atoms in total. The van der Waals surface area contributed by atoms with E-state index in [1.54, 1.807) is 18.2 Å². The van der Waals surface area contributed by atoms with Crippen molar-refractivity contribution in [1.82, 2.24) is 15.5 Å². The maximum atomic E-state index is 11.7. The van der Waals surface area contributed by atoms with Crippen LogP contribution >= 0.6 is 0 Å². The highest BCUT2D eigenvalue weighted by atomic mass is 16.3. The van der Waals surface area contributed by atoms with Crippen molar-refractivity contribution >= 4 is 5.91 Å². The third-order valence-electron chi connectivity index (χ3n) is 2.48. The molecule has 18 heavy (non-hydrogen) atoms. The second-order valence-corrected chi connectivity index (χ2v) is 3.80. The van der Waals surface area contributed by atoms with Gasteiger partial charge in [-0.1, -0.05) is 12.1 Å². The van der Waals surface area contributed by atoms with Gasteiger partial charge in [0.2, 0.25) is 0 Å². The van der Waals surface area contributed by atoms with E-state index in [0.717, 1.165) is 5.56 Å². The van der Waals surface area contributed by atoms with Gasteiger partial charge < -0.3 is 10.4 Å². The van der Waals surface area contributed by atoms with Gasteiger partial charge in [0.25, 0.3) is 5.91 Å². The minimum absolute atomic E-state index is 0.163. The molecule has 1 amide bonds. The lowest BCUT2D eigenvalue weighted by Gasteiger charge is -2.05. The van der Waals surface area contributed by atoms with Crippen LogP contribution in [0.5, 0.6) is 5.75 Å². The van der Waals surface area contributed by atoms with Gasteiger partial charge in [-0.15, -0.1) is 0 Å². The van der Waals surface area contributed by atoms with Crippen LogP contribution in [0.2, 0.25) is 0 Å². The van der Waals surface area contributed by atoms with Crippen molar-refractivity contribution in [3.8, 4) is 5.75 Å². The zero-order valence-corrected chi connectivity index (χ0v) is 9.71. The van der Waals surface area contributed by atoms with Crippen molar-refractivity contribution in [2.24, 2.45) is 0 Å². The first-order valence-corrected chi connectivity index (χ1v) is 5.58. The minimum atomic E-state index is -0.163. The molecular weight excluding hydrogens is 230 g/mol. The van der Waals surface area contributed by atoms with Crippen LogP contribution in [0.15, 0.2) is 42.7 Å². The summed E-state index contributed by atoms with van der Waals surface area (Å²) in [4.78, 5) is 11.7. The number of nitrogens with one attached hydrogen (secondary N) is 1. The molecule has 0 aliphatic carbocycles. The van der Waals surface area contributed by atoms with Gasteiger partial charge >= 0.3 is 0 Å². The Hall–Kier alpha value is -2.43. The van der Waals surface area contributed by atoms with Crippen molar-refractivity contribution in [2.45, 2.75) is 6.42 Å². The molecule has 92 valence electrons. The highest BCUT2D eigenvalue weighted by molar-refractivity contribution is 5.93. The maximum Gasteiger partial charge on any atom is 0.252 e. The number of carbonyl (C=O) groups excluding carboxylic acids is 1. The molecule has 0 bridgehead atoms. The molecule has 0 aliphatic heterocycles. The van der Waals surface area contributed by atoms with E-state index in [4.69, 9.17) is 5.11 Å². The third kappa shape index (κ3) is 3.28. The first-order valence-electron chi connectivity index (χ1n) is 5.58. The first-order chi connectivity index (χ1) is 8.75. The molecule has 0 unspecified atom stereocenters. The van der Waals surface area contributed by atoms with Gasteiger partial charge in [-0.2, -0.15) is 10.2 Å². The maximum absolute atomic E-state index is 11.7. The quantitative estimate of drug-likeness (QED) is 0.844. The fourth-order valence-electron chi connectivity index (χ4n) is 1.51. The van der Waals surface area contributed by atoms with Crippen LogP contribution in [-0.4, -0.2) is 27.8 Å². The van der Waals surface area contributed by atoms with Gasteiger partial charge in [-0.3, -0.25) is 4.79 Å². The lowest BCUT2D eigenvalue weighted by molar-refractivity contribution is 0.0953. The van der Waals surface area contributed by atoms with Crippen molar-refractivity contribution in [3.05, 3.63) is 53.9 Å². The van der Waals surface area contributed by atoms with Crippen molar-refractivity contribution in [2.75, 3.05) is 6.54 Å². The van der Waals surface area contributed by atoms with Crippen LogP contribution in [0, 0.1) is 0 Å². The van der Waals surface area contributed by atoms with Crippen molar-refractivity contribution in [3.63, 3.8) is 0 Å². The van der Waals surface area contributed by atoms with E-state index in [-0.39, 0.29) is 11.7 Å². The van der Waals surface area contributed by atoms with E-state index in [9.17, 15) is 4.79 Å². The summed E-state index contributed by atoms with van der Waals surface area (Å²) in [6.07, 6.45) is 3.62. The summed E-state index contributed by atoms with van der Waals surface area (Å²) in [5.41, 5.74) is 1.55. The summed E-state index contributed by atoms with van der Waals surface area (Å²) in [6, 6.07) is 8.53. The molecule has 5 heteroatoms. The molecule has 1 aromatic carbocycles. The average Bonchev–Trinajstić information content (AvgIpc) is 2.42. The number of phenols is 1. The Morgan fingerprint density at radius 3 is 2.61 bits per heavy atom. The number of nitrogens with zero attached hydrogens (tertiary/aromatic N) is 2. The van der Waals surface area contributed by atoms with E-state index >= 15 is 0 Å². The van der Waals surface area contributed by atoms with Crippen LogP contribution in [0.4, 0.5) is 0 Å². The van der Waals surface area contributed by atoms with Gasteiger partial charge in [-0.25, -0.2) is 0 Å². The highest BCUT2D eigenvalue weighted by Crippen LogP contribution is 2.09. The molecule has 0 spiro atoms. The highest BCUT2D eigenvalue weighted by Gasteiger charge is 2.04. The molecule has 0 fully saturated rings.